The number of hydrogen-bond donors (Lipinski definition) is 0. The van der Waals surface area contributed by atoms with Gasteiger partial charge in [-0.05, 0) is 32.4 Å². The number of nitrogens with zero attached hydrogens (tertiary/aromatic N) is 5. The highest BCUT2D eigenvalue weighted by Gasteiger charge is 2.23. The van der Waals surface area contributed by atoms with Gasteiger partial charge < -0.3 is 4.90 Å². The summed E-state index contributed by atoms with van der Waals surface area (Å²) in [7, 11) is 0. The van der Waals surface area contributed by atoms with Crippen LogP contribution in [0.2, 0.25) is 0 Å². The third-order valence-corrected chi connectivity index (χ3v) is 4.83. The molecular weight excluding hydrogens is 326 g/mol. The number of rotatable bonds is 3. The van der Waals surface area contributed by atoms with Crippen LogP contribution in [0.5, 0.6) is 0 Å². The molecule has 6 heteroatoms. The average molecular weight is 349 g/mol. The van der Waals surface area contributed by atoms with E-state index in [2.05, 4.69) is 42.4 Å². The molecule has 0 saturated carbocycles. The second-order valence-electron chi connectivity index (χ2n) is 6.75. The summed E-state index contributed by atoms with van der Waals surface area (Å²) in [5.74, 6) is -0.0104. The zero-order valence-corrected chi connectivity index (χ0v) is 15.2. The van der Waals surface area contributed by atoms with Crippen molar-refractivity contribution >= 4 is 5.91 Å². The second-order valence-corrected chi connectivity index (χ2v) is 6.75. The van der Waals surface area contributed by atoms with Crippen LogP contribution in [0, 0.1) is 6.92 Å². The lowest BCUT2D eigenvalue weighted by atomic mass is 10.1. The zero-order chi connectivity index (χ0) is 18.1. The summed E-state index contributed by atoms with van der Waals surface area (Å²) in [4.78, 5) is 14.7. The molecule has 1 aromatic carbocycles. The normalized spacial score (nSPS) is 14.2. The molecule has 0 bridgehead atoms. The van der Waals surface area contributed by atoms with Crippen LogP contribution in [0.25, 0.3) is 11.3 Å². The Labute approximate surface area is 153 Å². The van der Waals surface area contributed by atoms with Crippen LogP contribution in [0.15, 0.2) is 42.6 Å². The summed E-state index contributed by atoms with van der Waals surface area (Å²) in [5, 5.41) is 9.11. The minimum absolute atomic E-state index is 0.0104. The van der Waals surface area contributed by atoms with E-state index in [1.807, 2.05) is 22.7 Å². The summed E-state index contributed by atoms with van der Waals surface area (Å²) in [5.41, 5.74) is 4.89. The molecule has 0 aliphatic carbocycles. The summed E-state index contributed by atoms with van der Waals surface area (Å²) in [6.45, 7) is 6.97. The van der Waals surface area contributed by atoms with Gasteiger partial charge in [0.05, 0.1) is 17.9 Å². The fourth-order valence-corrected chi connectivity index (χ4v) is 3.31. The van der Waals surface area contributed by atoms with Gasteiger partial charge in [-0.2, -0.15) is 10.2 Å². The molecule has 0 saturated heterocycles. The molecule has 0 N–H and O–H groups in total. The zero-order valence-electron chi connectivity index (χ0n) is 15.2. The number of carbonyl (C=O) groups is 1. The fraction of sp³-hybridized carbons (Fsp3) is 0.350. The minimum Gasteiger partial charge on any atom is -0.331 e. The van der Waals surface area contributed by atoms with Gasteiger partial charge in [0, 0.05) is 31.4 Å². The number of aromatic nitrogens is 4. The van der Waals surface area contributed by atoms with Crippen LogP contribution >= 0.6 is 0 Å². The Balaban J connectivity index is 1.58. The van der Waals surface area contributed by atoms with Crippen molar-refractivity contribution in [1.82, 2.24) is 24.5 Å². The topological polar surface area (TPSA) is 56.0 Å². The predicted molar refractivity (Wildman–Crippen MR) is 99.7 cm³/mol. The van der Waals surface area contributed by atoms with Gasteiger partial charge in [-0.3, -0.25) is 14.2 Å². The van der Waals surface area contributed by atoms with Gasteiger partial charge in [-0.25, -0.2) is 0 Å². The molecule has 0 atom stereocenters. The van der Waals surface area contributed by atoms with Crippen LogP contribution in [0.1, 0.15) is 35.1 Å². The summed E-state index contributed by atoms with van der Waals surface area (Å²) in [6.07, 6.45) is 2.74. The van der Waals surface area contributed by atoms with Crippen LogP contribution in [-0.2, 0) is 19.6 Å². The first-order chi connectivity index (χ1) is 12.6. The van der Waals surface area contributed by atoms with Crippen molar-refractivity contribution in [2.75, 3.05) is 6.54 Å². The number of benzene rings is 1. The maximum atomic E-state index is 12.8. The molecule has 2 aromatic heterocycles. The Morgan fingerprint density at radius 3 is 2.65 bits per heavy atom. The van der Waals surface area contributed by atoms with E-state index in [1.165, 1.54) is 5.56 Å². The lowest BCUT2D eigenvalue weighted by Crippen LogP contribution is -2.31. The first-order valence-corrected chi connectivity index (χ1v) is 9.10. The Morgan fingerprint density at radius 1 is 1.12 bits per heavy atom. The summed E-state index contributed by atoms with van der Waals surface area (Å²) < 4.78 is 3.82. The molecule has 4 rings (SSSR count). The molecule has 1 aliphatic heterocycles. The monoisotopic (exact) mass is 349 g/mol. The van der Waals surface area contributed by atoms with Crippen molar-refractivity contribution in [3.05, 3.63) is 59.5 Å². The van der Waals surface area contributed by atoms with Crippen molar-refractivity contribution in [1.29, 1.82) is 0 Å². The third-order valence-electron chi connectivity index (χ3n) is 4.83. The van der Waals surface area contributed by atoms with Gasteiger partial charge in [-0.15, -0.1) is 0 Å². The second kappa shape index (κ2) is 6.78. The number of aryl methyl sites for hydroxylation is 3. The van der Waals surface area contributed by atoms with E-state index in [0.717, 1.165) is 43.0 Å². The Morgan fingerprint density at radius 2 is 1.92 bits per heavy atom. The molecule has 26 heavy (non-hydrogen) atoms. The first kappa shape index (κ1) is 16.6. The van der Waals surface area contributed by atoms with E-state index in [1.54, 1.807) is 10.7 Å². The Kier molecular flexibility index (Phi) is 4.32. The lowest BCUT2D eigenvalue weighted by Gasteiger charge is -2.18. The Hall–Kier alpha value is -2.89. The maximum absolute atomic E-state index is 12.8. The van der Waals surface area contributed by atoms with Gasteiger partial charge in [0.1, 0.15) is 5.69 Å². The molecule has 0 radical (unpaired) electrons. The quantitative estimate of drug-likeness (QED) is 0.730. The van der Waals surface area contributed by atoms with Crippen LogP contribution in [-0.4, -0.2) is 36.9 Å². The molecule has 3 aromatic rings. The smallest absolute Gasteiger partial charge is 0.274 e. The van der Waals surface area contributed by atoms with E-state index in [0.29, 0.717) is 12.2 Å². The van der Waals surface area contributed by atoms with E-state index < -0.39 is 0 Å². The first-order valence-electron chi connectivity index (χ1n) is 9.10. The van der Waals surface area contributed by atoms with Crippen LogP contribution in [0.4, 0.5) is 0 Å². The number of hydrogen-bond acceptors (Lipinski definition) is 3. The molecule has 1 amide bonds. The molecular formula is C20H23N5O. The van der Waals surface area contributed by atoms with Gasteiger partial charge in [0.25, 0.3) is 5.91 Å². The summed E-state index contributed by atoms with van der Waals surface area (Å²) >= 11 is 0. The van der Waals surface area contributed by atoms with Gasteiger partial charge in [0.15, 0.2) is 0 Å². The van der Waals surface area contributed by atoms with Crippen LogP contribution in [0.3, 0.4) is 0 Å². The van der Waals surface area contributed by atoms with Crippen molar-refractivity contribution in [3.63, 3.8) is 0 Å². The third kappa shape index (κ3) is 3.14. The number of fused-ring (bicyclic) bond motifs is 1. The molecule has 1 aliphatic rings. The minimum atomic E-state index is -0.0104. The SMILES string of the molecule is CCn1ccc(C(=O)N2CCCn3nc(-c4ccc(C)cc4)cc3C2)n1. The molecule has 0 unspecified atom stereocenters. The van der Waals surface area contributed by atoms with Gasteiger partial charge in [0.2, 0.25) is 0 Å². The highest BCUT2D eigenvalue weighted by Crippen LogP contribution is 2.23. The van der Waals surface area contributed by atoms with Crippen LogP contribution < -0.4 is 0 Å². The summed E-state index contributed by atoms with van der Waals surface area (Å²) in [6, 6.07) is 12.3. The molecule has 3 heterocycles. The highest BCUT2D eigenvalue weighted by atomic mass is 16.2. The largest absolute Gasteiger partial charge is 0.331 e. The highest BCUT2D eigenvalue weighted by molar-refractivity contribution is 5.92. The average Bonchev–Trinajstić information content (AvgIpc) is 3.24. The van der Waals surface area contributed by atoms with Crippen molar-refractivity contribution in [2.24, 2.45) is 0 Å². The van der Waals surface area contributed by atoms with Gasteiger partial charge >= 0.3 is 0 Å². The van der Waals surface area contributed by atoms with Crippen molar-refractivity contribution < 1.29 is 4.79 Å². The molecule has 6 nitrogen and oxygen atoms in total. The van der Waals surface area contributed by atoms with E-state index in [-0.39, 0.29) is 5.91 Å². The molecule has 134 valence electrons. The fourth-order valence-electron chi connectivity index (χ4n) is 3.31. The predicted octanol–water partition coefficient (Wildman–Crippen LogP) is 3.12. The van der Waals surface area contributed by atoms with Crippen molar-refractivity contribution in [2.45, 2.75) is 39.9 Å². The van der Waals surface area contributed by atoms with Gasteiger partial charge in [-0.1, -0.05) is 29.8 Å². The number of amides is 1. The van der Waals surface area contributed by atoms with E-state index in [4.69, 9.17) is 5.10 Å². The standard InChI is InChI=1S/C20H23N5O/c1-3-24-12-9-18(21-24)20(26)23-10-4-11-25-17(14-23)13-19(22-25)16-7-5-15(2)6-8-16/h5-9,12-13H,3-4,10-11,14H2,1-2H3. The van der Waals surface area contributed by atoms with E-state index >= 15 is 0 Å². The molecule has 0 fully saturated rings. The lowest BCUT2D eigenvalue weighted by molar-refractivity contribution is 0.0739. The Bertz CT molecular complexity index is 922. The van der Waals surface area contributed by atoms with Crippen molar-refractivity contribution in [3.8, 4) is 11.3 Å². The van der Waals surface area contributed by atoms with E-state index in [9.17, 15) is 4.79 Å². The number of carbonyl (C=O) groups excluding carboxylic acids is 1. The molecule has 0 spiro atoms. The maximum Gasteiger partial charge on any atom is 0.274 e.